The number of carbonyl (C=O) groups is 2. The summed E-state index contributed by atoms with van der Waals surface area (Å²) in [6, 6.07) is 0. The van der Waals surface area contributed by atoms with Gasteiger partial charge in [-0.2, -0.15) is 0 Å². The highest BCUT2D eigenvalue weighted by molar-refractivity contribution is 5.68. The van der Waals surface area contributed by atoms with Crippen LogP contribution in [-0.2, 0) is 19.0 Å². The van der Waals surface area contributed by atoms with Crippen molar-refractivity contribution in [3.05, 3.63) is 0 Å². The minimum atomic E-state index is -0.552. The predicted molar refractivity (Wildman–Crippen MR) is 90.3 cm³/mol. The summed E-state index contributed by atoms with van der Waals surface area (Å²) in [5.41, 5.74) is -0.552. The monoisotopic (exact) mass is 339 g/mol. The van der Waals surface area contributed by atoms with Crippen LogP contribution in [0.3, 0.4) is 0 Å². The summed E-state index contributed by atoms with van der Waals surface area (Å²) in [5.74, 6) is 2.14. The van der Waals surface area contributed by atoms with E-state index in [0.717, 1.165) is 0 Å². The Morgan fingerprint density at radius 3 is 2.54 bits per heavy atom. The van der Waals surface area contributed by atoms with Crippen molar-refractivity contribution in [3.8, 4) is 12.3 Å². The number of likely N-dealkylation sites (tertiary alicyclic amines) is 1. The van der Waals surface area contributed by atoms with Crippen molar-refractivity contribution in [1.29, 1.82) is 0 Å². The maximum atomic E-state index is 12.3. The van der Waals surface area contributed by atoms with Crippen LogP contribution in [0.4, 0.5) is 4.79 Å². The van der Waals surface area contributed by atoms with E-state index in [4.69, 9.17) is 20.6 Å². The molecule has 0 bridgehead atoms. The number of carbonyl (C=O) groups excluding carboxylic acids is 2. The van der Waals surface area contributed by atoms with Crippen LogP contribution in [0.15, 0.2) is 0 Å². The number of ether oxygens (including phenoxy) is 3. The third kappa shape index (κ3) is 6.40. The van der Waals surface area contributed by atoms with Crippen molar-refractivity contribution in [2.75, 3.05) is 20.2 Å². The lowest BCUT2D eigenvalue weighted by molar-refractivity contribution is -0.156. The van der Waals surface area contributed by atoms with Gasteiger partial charge in [-0.1, -0.05) is 0 Å². The largest absolute Gasteiger partial charge is 0.462 e. The first-order chi connectivity index (χ1) is 11.2. The molecule has 0 saturated carbocycles. The highest BCUT2D eigenvalue weighted by atomic mass is 16.6. The van der Waals surface area contributed by atoms with Crippen LogP contribution in [0, 0.1) is 18.3 Å². The van der Waals surface area contributed by atoms with Gasteiger partial charge in [0.1, 0.15) is 11.7 Å². The second-order valence-electron chi connectivity index (χ2n) is 7.04. The number of methoxy groups -OCH3 is 1. The number of rotatable bonds is 5. The summed E-state index contributed by atoms with van der Waals surface area (Å²) in [5, 5.41) is 0. The van der Waals surface area contributed by atoms with Crippen molar-refractivity contribution < 1.29 is 23.8 Å². The zero-order valence-electron chi connectivity index (χ0n) is 15.3. The third-order valence-electron chi connectivity index (χ3n) is 3.91. The van der Waals surface area contributed by atoms with Crippen LogP contribution < -0.4 is 0 Å². The highest BCUT2D eigenvalue weighted by Gasteiger charge is 2.39. The number of esters is 1. The second kappa shape index (κ2) is 8.93. The van der Waals surface area contributed by atoms with E-state index in [0.29, 0.717) is 32.4 Å². The van der Waals surface area contributed by atoms with Gasteiger partial charge in [-0.25, -0.2) is 4.79 Å². The molecule has 1 saturated heterocycles. The third-order valence-corrected chi connectivity index (χ3v) is 3.91. The van der Waals surface area contributed by atoms with Gasteiger partial charge in [0.05, 0.1) is 6.10 Å². The van der Waals surface area contributed by atoms with Gasteiger partial charge in [0, 0.05) is 45.9 Å². The van der Waals surface area contributed by atoms with E-state index in [9.17, 15) is 9.59 Å². The Morgan fingerprint density at radius 2 is 2.04 bits per heavy atom. The Kier molecular flexibility index (Phi) is 7.56. The molecule has 0 radical (unpaired) electrons. The predicted octanol–water partition coefficient (Wildman–Crippen LogP) is 2.60. The second-order valence-corrected chi connectivity index (χ2v) is 7.04. The van der Waals surface area contributed by atoms with E-state index >= 15 is 0 Å². The van der Waals surface area contributed by atoms with E-state index in [2.05, 4.69) is 5.92 Å². The summed E-state index contributed by atoms with van der Waals surface area (Å²) in [7, 11) is 1.61. The fourth-order valence-corrected chi connectivity index (χ4v) is 2.90. The molecule has 0 spiro atoms. The number of piperidine rings is 1. The van der Waals surface area contributed by atoms with Gasteiger partial charge in [0.15, 0.2) is 0 Å². The van der Waals surface area contributed by atoms with Crippen molar-refractivity contribution in [2.45, 2.75) is 64.8 Å². The minimum absolute atomic E-state index is 0.131. The molecule has 24 heavy (non-hydrogen) atoms. The molecule has 6 heteroatoms. The van der Waals surface area contributed by atoms with Gasteiger partial charge in [-0.15, -0.1) is 12.3 Å². The molecule has 1 aliphatic rings. The van der Waals surface area contributed by atoms with Crippen LogP contribution >= 0.6 is 0 Å². The molecule has 3 unspecified atom stereocenters. The summed E-state index contributed by atoms with van der Waals surface area (Å²) in [4.78, 5) is 25.4. The van der Waals surface area contributed by atoms with Crippen LogP contribution in [0.5, 0.6) is 0 Å². The van der Waals surface area contributed by atoms with Gasteiger partial charge >= 0.3 is 12.1 Å². The summed E-state index contributed by atoms with van der Waals surface area (Å²) in [6.45, 7) is 7.78. The first kappa shape index (κ1) is 20.3. The maximum absolute atomic E-state index is 12.3. The Bertz CT molecular complexity index is 477. The topological polar surface area (TPSA) is 65.1 Å². The average molecular weight is 339 g/mol. The molecule has 3 atom stereocenters. The molecule has 1 fully saturated rings. The van der Waals surface area contributed by atoms with E-state index in [1.807, 2.05) is 20.8 Å². The lowest BCUT2D eigenvalue weighted by Crippen LogP contribution is -2.52. The van der Waals surface area contributed by atoms with E-state index < -0.39 is 5.60 Å². The van der Waals surface area contributed by atoms with Crippen LogP contribution in [0.25, 0.3) is 0 Å². The molecule has 136 valence electrons. The quantitative estimate of drug-likeness (QED) is 0.569. The molecular formula is C18H29NO5. The van der Waals surface area contributed by atoms with Gasteiger partial charge in [0.2, 0.25) is 0 Å². The molecule has 1 heterocycles. The smallest absolute Gasteiger partial charge is 0.410 e. The molecule has 1 amide bonds. The fourth-order valence-electron chi connectivity index (χ4n) is 2.90. The van der Waals surface area contributed by atoms with Crippen LogP contribution in [0.2, 0.25) is 0 Å². The van der Waals surface area contributed by atoms with E-state index in [1.54, 1.807) is 12.0 Å². The molecule has 0 N–H and O–H groups in total. The summed E-state index contributed by atoms with van der Waals surface area (Å²) < 4.78 is 16.5. The lowest BCUT2D eigenvalue weighted by Gasteiger charge is -2.41. The van der Waals surface area contributed by atoms with Crippen LogP contribution in [-0.4, -0.2) is 55.0 Å². The zero-order valence-corrected chi connectivity index (χ0v) is 15.3. The van der Waals surface area contributed by atoms with Crippen molar-refractivity contribution in [3.63, 3.8) is 0 Å². The van der Waals surface area contributed by atoms with Crippen molar-refractivity contribution >= 4 is 12.1 Å². The zero-order chi connectivity index (χ0) is 18.3. The van der Waals surface area contributed by atoms with Crippen molar-refractivity contribution in [1.82, 2.24) is 4.90 Å². The van der Waals surface area contributed by atoms with Gasteiger partial charge in [-0.05, 0) is 27.2 Å². The highest BCUT2D eigenvalue weighted by Crippen LogP contribution is 2.28. The lowest BCUT2D eigenvalue weighted by atomic mass is 9.87. The van der Waals surface area contributed by atoms with Gasteiger partial charge in [-0.3, -0.25) is 4.79 Å². The molecule has 0 aromatic rings. The molecule has 0 aromatic carbocycles. The van der Waals surface area contributed by atoms with E-state index in [1.165, 1.54) is 6.92 Å². The summed E-state index contributed by atoms with van der Waals surface area (Å²) in [6.07, 6.45) is 6.28. The molecule has 0 aromatic heterocycles. The average Bonchev–Trinajstić information content (AvgIpc) is 2.47. The number of hydrogen-bond acceptors (Lipinski definition) is 5. The number of nitrogens with zero attached hydrogens (tertiary/aromatic N) is 1. The number of amides is 1. The Hall–Kier alpha value is -1.74. The standard InChI is InChI=1S/C18H29NO5/c1-7-8-9-15(22-6)14-12-19(17(21)24-18(3,4)5)11-10-16(14)23-13(2)20/h1,14-16H,8-12H2,2-6H3. The Morgan fingerprint density at radius 1 is 1.38 bits per heavy atom. The molecule has 0 aliphatic carbocycles. The van der Waals surface area contributed by atoms with E-state index in [-0.39, 0.29) is 30.2 Å². The minimum Gasteiger partial charge on any atom is -0.462 e. The first-order valence-corrected chi connectivity index (χ1v) is 8.29. The first-order valence-electron chi connectivity index (χ1n) is 8.29. The van der Waals surface area contributed by atoms with Gasteiger partial charge < -0.3 is 19.1 Å². The van der Waals surface area contributed by atoms with Crippen molar-refractivity contribution in [2.24, 2.45) is 5.92 Å². The Labute approximate surface area is 144 Å². The summed E-state index contributed by atoms with van der Waals surface area (Å²) >= 11 is 0. The molecular weight excluding hydrogens is 310 g/mol. The SMILES string of the molecule is C#CCCC(OC)C1CN(C(=O)OC(C)(C)C)CCC1OC(C)=O. The molecule has 1 rings (SSSR count). The molecule has 6 nitrogen and oxygen atoms in total. The Balaban J connectivity index is 2.86. The van der Waals surface area contributed by atoms with Gasteiger partial charge in [0.25, 0.3) is 0 Å². The fraction of sp³-hybridized carbons (Fsp3) is 0.778. The normalized spacial score (nSPS) is 22.4. The number of hydrogen-bond donors (Lipinski definition) is 0. The molecule has 1 aliphatic heterocycles. The number of terminal acetylenes is 1. The van der Waals surface area contributed by atoms with Crippen LogP contribution in [0.1, 0.15) is 47.0 Å². The maximum Gasteiger partial charge on any atom is 0.410 e.